The number of ether oxygens (including phenoxy) is 1. The van der Waals surface area contributed by atoms with Crippen molar-refractivity contribution < 1.29 is 26.4 Å². The van der Waals surface area contributed by atoms with Gasteiger partial charge >= 0.3 is 0 Å². The molecule has 3 aromatic carbocycles. The molecule has 1 heterocycles. The predicted molar refractivity (Wildman–Crippen MR) is 148 cm³/mol. The van der Waals surface area contributed by atoms with E-state index >= 15 is 0 Å². The molecule has 0 saturated carbocycles. The Kier molecular flexibility index (Phi) is 9.76. The van der Waals surface area contributed by atoms with Crippen molar-refractivity contribution in [1.29, 1.82) is 0 Å². The topological polar surface area (TPSA) is 113 Å². The Morgan fingerprint density at radius 1 is 0.846 bits per heavy atom. The molecule has 1 fully saturated rings. The monoisotopic (exact) mass is 591 g/mol. The number of morpholine rings is 1. The number of rotatable bonds is 11. The molecule has 1 saturated heterocycles. The number of carbonyl (C=O) groups is 1. The van der Waals surface area contributed by atoms with Crippen molar-refractivity contribution in [2.24, 2.45) is 0 Å². The predicted octanol–water partition coefficient (Wildman–Crippen LogP) is 2.91. The second kappa shape index (κ2) is 13.0. The quantitative estimate of drug-likeness (QED) is 0.367. The molecule has 1 N–H and O–H groups in total. The van der Waals surface area contributed by atoms with Gasteiger partial charge in [0, 0.05) is 31.2 Å². The molecule has 9 nitrogen and oxygen atoms in total. The zero-order valence-electron chi connectivity index (χ0n) is 21.2. The summed E-state index contributed by atoms with van der Waals surface area (Å²) in [5, 5.41) is 3.15. The molecule has 0 atom stereocenters. The minimum Gasteiger partial charge on any atom is -0.379 e. The third kappa shape index (κ3) is 7.65. The minimum atomic E-state index is -3.97. The summed E-state index contributed by atoms with van der Waals surface area (Å²) in [6, 6.07) is 21.5. The fourth-order valence-electron chi connectivity index (χ4n) is 4.07. The van der Waals surface area contributed by atoms with Crippen molar-refractivity contribution in [2.75, 3.05) is 39.4 Å². The molecule has 1 amide bonds. The summed E-state index contributed by atoms with van der Waals surface area (Å²) in [5.41, 5.74) is 1.63. The highest BCUT2D eigenvalue weighted by atomic mass is 35.5. The van der Waals surface area contributed by atoms with E-state index in [9.17, 15) is 21.6 Å². The van der Waals surface area contributed by atoms with Gasteiger partial charge in [-0.3, -0.25) is 4.79 Å². The second-order valence-electron chi connectivity index (χ2n) is 8.97. The van der Waals surface area contributed by atoms with Crippen molar-refractivity contribution in [1.82, 2.24) is 13.9 Å². The lowest BCUT2D eigenvalue weighted by Gasteiger charge is -2.26. The second-order valence-corrected chi connectivity index (χ2v) is 13.3. The first-order valence-electron chi connectivity index (χ1n) is 12.4. The van der Waals surface area contributed by atoms with Gasteiger partial charge in [0.15, 0.2) is 0 Å². The standard InChI is InChI=1S/C27H30ClN3O6S2/c28-24-8-12-26(13-9-24)39(35,36)31(15-14-22-4-2-1-3-5-22)21-27(32)29-20-23-6-10-25(11-7-23)38(33,34)30-16-18-37-19-17-30/h1-13H,14-21H2,(H,29,32). The maximum Gasteiger partial charge on any atom is 0.243 e. The van der Waals surface area contributed by atoms with Gasteiger partial charge in [0.2, 0.25) is 26.0 Å². The first-order valence-corrected chi connectivity index (χ1v) is 15.7. The van der Waals surface area contributed by atoms with Crippen LogP contribution in [0.5, 0.6) is 0 Å². The molecule has 3 aromatic rings. The molecule has 0 aliphatic carbocycles. The summed E-state index contributed by atoms with van der Waals surface area (Å²) in [6.45, 7) is 1.18. The third-order valence-corrected chi connectivity index (χ3v) is 10.3. The van der Waals surface area contributed by atoms with E-state index < -0.39 is 26.0 Å². The molecule has 0 aromatic heterocycles. The first-order chi connectivity index (χ1) is 18.7. The Morgan fingerprint density at radius 3 is 2.10 bits per heavy atom. The molecule has 12 heteroatoms. The Balaban J connectivity index is 1.41. The van der Waals surface area contributed by atoms with Crippen molar-refractivity contribution in [3.8, 4) is 0 Å². The van der Waals surface area contributed by atoms with E-state index in [1.54, 1.807) is 12.1 Å². The molecule has 0 spiro atoms. The van der Waals surface area contributed by atoms with Crippen LogP contribution >= 0.6 is 11.6 Å². The molecule has 1 aliphatic heterocycles. The molecule has 0 bridgehead atoms. The Labute approximate surface area is 234 Å². The molecule has 0 radical (unpaired) electrons. The number of hydrogen-bond donors (Lipinski definition) is 1. The van der Waals surface area contributed by atoms with Crippen LogP contribution in [-0.4, -0.2) is 70.7 Å². The van der Waals surface area contributed by atoms with Gasteiger partial charge in [0.05, 0.1) is 29.5 Å². The van der Waals surface area contributed by atoms with E-state index in [1.165, 1.54) is 40.7 Å². The smallest absolute Gasteiger partial charge is 0.243 e. The summed E-state index contributed by atoms with van der Waals surface area (Å²) in [5.74, 6) is -0.481. The van der Waals surface area contributed by atoms with Gasteiger partial charge < -0.3 is 10.1 Å². The molecule has 1 aliphatic rings. The molecular formula is C27H30ClN3O6S2. The SMILES string of the molecule is O=C(CN(CCc1ccccc1)S(=O)(=O)c1ccc(Cl)cc1)NCc1ccc(S(=O)(=O)N2CCOCC2)cc1. The summed E-state index contributed by atoms with van der Waals surface area (Å²) in [6.07, 6.45) is 0.431. The minimum absolute atomic E-state index is 0.0461. The van der Waals surface area contributed by atoms with E-state index in [-0.39, 0.29) is 29.4 Å². The molecule has 39 heavy (non-hydrogen) atoms. The molecular weight excluding hydrogens is 562 g/mol. The van der Waals surface area contributed by atoms with E-state index in [2.05, 4.69) is 5.32 Å². The van der Waals surface area contributed by atoms with Gasteiger partial charge in [-0.15, -0.1) is 0 Å². The van der Waals surface area contributed by atoms with Crippen molar-refractivity contribution in [3.63, 3.8) is 0 Å². The van der Waals surface area contributed by atoms with Gasteiger partial charge in [0.25, 0.3) is 0 Å². The van der Waals surface area contributed by atoms with E-state index in [0.717, 1.165) is 9.87 Å². The lowest BCUT2D eigenvalue weighted by molar-refractivity contribution is -0.121. The van der Waals surface area contributed by atoms with Crippen LogP contribution in [0.3, 0.4) is 0 Å². The number of carbonyl (C=O) groups excluding carboxylic acids is 1. The van der Waals surface area contributed by atoms with E-state index in [4.69, 9.17) is 16.3 Å². The van der Waals surface area contributed by atoms with Crippen molar-refractivity contribution in [2.45, 2.75) is 22.8 Å². The number of sulfonamides is 2. The fourth-order valence-corrected chi connectivity index (χ4v) is 7.00. The maximum atomic E-state index is 13.4. The van der Waals surface area contributed by atoms with Crippen LogP contribution in [0.15, 0.2) is 88.7 Å². The summed E-state index contributed by atoms with van der Waals surface area (Å²) >= 11 is 5.93. The summed E-state index contributed by atoms with van der Waals surface area (Å²) < 4.78 is 60.1. The molecule has 208 valence electrons. The van der Waals surface area contributed by atoms with Crippen molar-refractivity contribution >= 4 is 37.6 Å². The Bertz CT molecular complexity index is 1460. The largest absolute Gasteiger partial charge is 0.379 e. The van der Waals surface area contributed by atoms with E-state index in [0.29, 0.717) is 43.3 Å². The van der Waals surface area contributed by atoms with Crippen LogP contribution in [0.2, 0.25) is 5.02 Å². The molecule has 0 unspecified atom stereocenters. The number of amides is 1. The Hall–Kier alpha value is -2.80. The highest BCUT2D eigenvalue weighted by Gasteiger charge is 2.27. The number of nitrogens with one attached hydrogen (secondary N) is 1. The van der Waals surface area contributed by atoms with Crippen molar-refractivity contribution in [3.05, 3.63) is 95.0 Å². The first kappa shape index (κ1) is 29.2. The van der Waals surface area contributed by atoms with Gasteiger partial charge in [-0.2, -0.15) is 8.61 Å². The van der Waals surface area contributed by atoms with Crippen LogP contribution in [0.25, 0.3) is 0 Å². The fraction of sp³-hybridized carbons (Fsp3) is 0.296. The lowest BCUT2D eigenvalue weighted by atomic mass is 10.1. The normalized spacial score (nSPS) is 14.8. The zero-order valence-corrected chi connectivity index (χ0v) is 23.6. The zero-order chi connectivity index (χ0) is 27.9. The van der Waals surface area contributed by atoms with Crippen LogP contribution in [0.4, 0.5) is 0 Å². The average molecular weight is 592 g/mol. The lowest BCUT2D eigenvalue weighted by Crippen LogP contribution is -2.41. The van der Waals surface area contributed by atoms with Crippen LogP contribution in [-0.2, 0) is 42.5 Å². The van der Waals surface area contributed by atoms with E-state index in [1.807, 2.05) is 30.3 Å². The third-order valence-electron chi connectivity index (χ3n) is 6.28. The average Bonchev–Trinajstić information content (AvgIpc) is 2.95. The van der Waals surface area contributed by atoms with Gasteiger partial charge in [0.1, 0.15) is 0 Å². The number of benzene rings is 3. The Morgan fingerprint density at radius 2 is 1.46 bits per heavy atom. The van der Waals surface area contributed by atoms with Crippen LogP contribution < -0.4 is 5.32 Å². The number of halogens is 1. The highest BCUT2D eigenvalue weighted by molar-refractivity contribution is 7.89. The number of hydrogen-bond acceptors (Lipinski definition) is 6. The highest BCUT2D eigenvalue weighted by Crippen LogP contribution is 2.20. The van der Waals surface area contributed by atoms with Gasteiger partial charge in [-0.05, 0) is 53.9 Å². The van der Waals surface area contributed by atoms with Gasteiger partial charge in [-0.25, -0.2) is 16.8 Å². The summed E-state index contributed by atoms with van der Waals surface area (Å²) in [4.78, 5) is 13.1. The van der Waals surface area contributed by atoms with Crippen LogP contribution in [0, 0.1) is 0 Å². The van der Waals surface area contributed by atoms with Gasteiger partial charge in [-0.1, -0.05) is 54.1 Å². The maximum absolute atomic E-state index is 13.4. The molecule has 4 rings (SSSR count). The summed E-state index contributed by atoms with van der Waals surface area (Å²) in [7, 11) is -7.58. The van der Waals surface area contributed by atoms with Crippen LogP contribution in [0.1, 0.15) is 11.1 Å². The number of nitrogens with zero attached hydrogens (tertiary/aromatic N) is 2.